The molecule has 0 aliphatic heterocycles. The zero-order valence-corrected chi connectivity index (χ0v) is 11.4. The van der Waals surface area contributed by atoms with Crippen LogP contribution < -0.4 is 5.73 Å². The second-order valence-corrected chi connectivity index (χ2v) is 1.89. The molecule has 0 spiro atoms. The molecule has 3 N–H and O–H groups in total. The Labute approximate surface area is 84.4 Å². The van der Waals surface area contributed by atoms with Crippen LogP contribution in [0.25, 0.3) is 0 Å². The number of rotatable bonds is 1. The first-order valence-electron chi connectivity index (χ1n) is 2.79. The Morgan fingerprint density at radius 1 is 1.36 bits per heavy atom. The predicted molar refractivity (Wildman–Crippen MR) is 46.4 cm³/mol. The number of carbonyl (C=O) groups is 1. The standard InChI is InChI=1S/C7H7NO2.Pb.2H/c8-6-4-2-1-3-5(6)7(9)10;;;/h1-4H,8H2,(H,9,10);;;. The number of nitrogen functional groups attached to an aromatic ring is 1. The van der Waals surface area contributed by atoms with Gasteiger partial charge in [-0.15, -0.1) is 0 Å². The van der Waals surface area contributed by atoms with Gasteiger partial charge in [0.1, 0.15) is 0 Å². The zero-order valence-electron chi connectivity index (χ0n) is 5.95. The molecule has 0 bridgehead atoms. The zero-order chi connectivity index (χ0) is 7.56. The Balaban J connectivity index is 0.000001000. The Morgan fingerprint density at radius 3 is 2.27 bits per heavy atom. The molecule has 4 heteroatoms. The van der Waals surface area contributed by atoms with E-state index in [0.717, 1.165) is 0 Å². The van der Waals surface area contributed by atoms with E-state index in [1.165, 1.54) is 6.07 Å². The van der Waals surface area contributed by atoms with Gasteiger partial charge in [0.15, 0.2) is 0 Å². The van der Waals surface area contributed by atoms with E-state index in [4.69, 9.17) is 10.8 Å². The van der Waals surface area contributed by atoms with E-state index in [-0.39, 0.29) is 32.9 Å². The van der Waals surface area contributed by atoms with Gasteiger partial charge < -0.3 is 10.8 Å². The molecule has 0 aliphatic carbocycles. The molecule has 0 atom stereocenters. The van der Waals surface area contributed by atoms with Gasteiger partial charge in [-0.1, -0.05) is 12.1 Å². The van der Waals surface area contributed by atoms with Gasteiger partial charge in [-0.05, 0) is 12.1 Å². The van der Waals surface area contributed by atoms with Crippen molar-refractivity contribution in [2.45, 2.75) is 0 Å². The van der Waals surface area contributed by atoms with Crippen molar-refractivity contribution in [3.05, 3.63) is 29.8 Å². The van der Waals surface area contributed by atoms with Gasteiger partial charge >= 0.3 is 33.3 Å². The quantitative estimate of drug-likeness (QED) is 0.558. The number of carboxylic acids is 1. The number of nitrogens with two attached hydrogens (primary N) is 1. The Morgan fingerprint density at radius 2 is 1.91 bits per heavy atom. The van der Waals surface area contributed by atoms with E-state index in [1.54, 1.807) is 18.2 Å². The molecule has 0 unspecified atom stereocenters. The number of carboxylic acid groups (broad SMARTS) is 1. The van der Waals surface area contributed by atoms with E-state index in [1.807, 2.05) is 0 Å². The fraction of sp³-hybridized carbons (Fsp3) is 0. The fourth-order valence-electron chi connectivity index (χ4n) is 0.692. The Kier molecular flexibility index (Phi) is 4.09. The van der Waals surface area contributed by atoms with Crippen LogP contribution in [-0.2, 0) is 0 Å². The third-order valence-corrected chi connectivity index (χ3v) is 1.19. The molecule has 2 radical (unpaired) electrons. The average molecular weight is 346 g/mol. The van der Waals surface area contributed by atoms with Crippen molar-refractivity contribution in [3.63, 3.8) is 0 Å². The van der Waals surface area contributed by atoms with Gasteiger partial charge in [0, 0.05) is 5.69 Å². The summed E-state index contributed by atoms with van der Waals surface area (Å²) >= 11 is 0. The number of anilines is 1. The molecule has 0 saturated carbocycles. The number of aromatic carboxylic acids is 1. The topological polar surface area (TPSA) is 63.3 Å². The third-order valence-electron chi connectivity index (χ3n) is 1.19. The van der Waals surface area contributed by atoms with Gasteiger partial charge in [-0.2, -0.15) is 0 Å². The average Bonchev–Trinajstić information content (AvgIpc) is 1.88. The first-order chi connectivity index (χ1) is 4.72. The summed E-state index contributed by atoms with van der Waals surface area (Å²) in [5.74, 6) is -0.988. The second-order valence-electron chi connectivity index (χ2n) is 1.89. The molecule has 0 amide bonds. The summed E-state index contributed by atoms with van der Waals surface area (Å²) in [4.78, 5) is 10.3. The number of para-hydroxylation sites is 1. The first kappa shape index (κ1) is 10.4. The molecule has 0 aromatic heterocycles. The molecule has 0 saturated heterocycles. The van der Waals surface area contributed by atoms with Crippen molar-refractivity contribution in [1.29, 1.82) is 0 Å². The van der Waals surface area contributed by atoms with Gasteiger partial charge in [0.2, 0.25) is 0 Å². The van der Waals surface area contributed by atoms with Gasteiger partial charge in [-0.3, -0.25) is 0 Å². The minimum absolute atomic E-state index is 0. The van der Waals surface area contributed by atoms with Crippen LogP contribution in [0.15, 0.2) is 24.3 Å². The SMILES string of the molecule is Nc1ccccc1C(=O)O.[PbH2]. The molecular weight excluding hydrogens is 337 g/mol. The van der Waals surface area contributed by atoms with Crippen LogP contribution in [0.2, 0.25) is 0 Å². The predicted octanol–water partition coefficient (Wildman–Crippen LogP) is 0.0508. The van der Waals surface area contributed by atoms with Crippen molar-refractivity contribution in [3.8, 4) is 0 Å². The molecule has 0 fully saturated rings. The van der Waals surface area contributed by atoms with Crippen LogP contribution in [-0.4, -0.2) is 38.4 Å². The van der Waals surface area contributed by atoms with Crippen LogP contribution in [0.3, 0.4) is 0 Å². The second kappa shape index (κ2) is 4.32. The molecule has 3 nitrogen and oxygen atoms in total. The number of hydrogen-bond acceptors (Lipinski definition) is 2. The molecular formula is C7H9NO2Pb. The van der Waals surface area contributed by atoms with Crippen LogP contribution in [0, 0.1) is 0 Å². The van der Waals surface area contributed by atoms with E-state index in [2.05, 4.69) is 0 Å². The normalized spacial score (nSPS) is 8.36. The summed E-state index contributed by atoms with van der Waals surface area (Å²) in [7, 11) is 0. The Bertz CT molecular complexity index is 262. The first-order valence-corrected chi connectivity index (χ1v) is 2.79. The van der Waals surface area contributed by atoms with Crippen molar-refractivity contribution < 1.29 is 9.90 Å². The van der Waals surface area contributed by atoms with E-state index >= 15 is 0 Å². The third kappa shape index (κ3) is 2.49. The van der Waals surface area contributed by atoms with Crippen LogP contribution in [0.5, 0.6) is 0 Å². The summed E-state index contributed by atoms with van der Waals surface area (Å²) in [5, 5.41) is 8.49. The molecule has 1 aromatic carbocycles. The molecule has 58 valence electrons. The summed E-state index contributed by atoms with van der Waals surface area (Å²) in [6.07, 6.45) is 0. The van der Waals surface area contributed by atoms with Crippen molar-refractivity contribution >= 4 is 39.0 Å². The van der Waals surface area contributed by atoms with E-state index in [0.29, 0.717) is 5.69 Å². The summed E-state index contributed by atoms with van der Waals surface area (Å²) in [5.41, 5.74) is 5.80. The summed E-state index contributed by atoms with van der Waals surface area (Å²) in [6, 6.07) is 6.36. The fourth-order valence-corrected chi connectivity index (χ4v) is 0.692. The maximum absolute atomic E-state index is 10.3. The van der Waals surface area contributed by atoms with Crippen LogP contribution in [0.1, 0.15) is 10.4 Å². The van der Waals surface area contributed by atoms with Gasteiger partial charge in [-0.25, -0.2) is 4.79 Å². The van der Waals surface area contributed by atoms with Gasteiger partial charge in [0.05, 0.1) is 5.56 Å². The molecule has 1 rings (SSSR count). The number of benzene rings is 1. The van der Waals surface area contributed by atoms with Crippen molar-refractivity contribution in [2.75, 3.05) is 5.73 Å². The van der Waals surface area contributed by atoms with Crippen LogP contribution in [0.4, 0.5) is 5.69 Å². The Hall–Kier alpha value is -0.588. The molecule has 0 aliphatic rings. The van der Waals surface area contributed by atoms with Crippen LogP contribution >= 0.6 is 0 Å². The van der Waals surface area contributed by atoms with Crippen molar-refractivity contribution in [2.24, 2.45) is 0 Å². The van der Waals surface area contributed by atoms with E-state index in [9.17, 15) is 4.79 Å². The van der Waals surface area contributed by atoms with E-state index < -0.39 is 5.97 Å². The number of hydrogen-bond donors (Lipinski definition) is 2. The molecule has 0 heterocycles. The maximum atomic E-state index is 10.3. The summed E-state index contributed by atoms with van der Waals surface area (Å²) in [6.45, 7) is 0. The summed E-state index contributed by atoms with van der Waals surface area (Å²) < 4.78 is 0. The molecule has 1 aromatic rings. The van der Waals surface area contributed by atoms with Crippen molar-refractivity contribution in [1.82, 2.24) is 0 Å². The molecule has 11 heavy (non-hydrogen) atoms. The minimum atomic E-state index is -0.988. The van der Waals surface area contributed by atoms with Gasteiger partial charge in [0.25, 0.3) is 0 Å². The monoisotopic (exact) mass is 347 g/mol.